The van der Waals surface area contributed by atoms with Gasteiger partial charge in [0.1, 0.15) is 0 Å². The third kappa shape index (κ3) is 1.82. The molecular formula is C11H14Cl2S. The van der Waals surface area contributed by atoms with E-state index in [1.807, 2.05) is 6.92 Å². The third-order valence-electron chi connectivity index (χ3n) is 3.09. The van der Waals surface area contributed by atoms with Crippen molar-refractivity contribution >= 4 is 34.5 Å². The molecule has 0 saturated heterocycles. The highest BCUT2D eigenvalue weighted by atomic mass is 35.5. The van der Waals surface area contributed by atoms with Crippen LogP contribution in [0.4, 0.5) is 0 Å². The smallest absolute Gasteiger partial charge is 0.0960 e. The Morgan fingerprint density at radius 2 is 2.14 bits per heavy atom. The molecule has 2 atom stereocenters. The molecule has 0 radical (unpaired) electrons. The van der Waals surface area contributed by atoms with E-state index in [0.29, 0.717) is 11.3 Å². The number of thiophene rings is 1. The Labute approximate surface area is 99.2 Å². The van der Waals surface area contributed by atoms with E-state index >= 15 is 0 Å². The number of alkyl halides is 1. The molecule has 2 rings (SSSR count). The highest BCUT2D eigenvalue weighted by molar-refractivity contribution is 7.16. The van der Waals surface area contributed by atoms with Crippen molar-refractivity contribution in [2.75, 3.05) is 0 Å². The van der Waals surface area contributed by atoms with E-state index in [1.165, 1.54) is 11.3 Å². The molecule has 1 heterocycles. The minimum atomic E-state index is 0.154. The van der Waals surface area contributed by atoms with Crippen LogP contribution in [-0.2, 0) is 0 Å². The molecule has 0 nitrogen and oxygen atoms in total. The molecule has 1 aromatic heterocycles. The maximum atomic E-state index is 6.43. The lowest BCUT2D eigenvalue weighted by Gasteiger charge is -2.08. The lowest BCUT2D eigenvalue weighted by molar-refractivity contribution is 0.551. The third-order valence-corrected chi connectivity index (χ3v) is 5.40. The Morgan fingerprint density at radius 3 is 2.50 bits per heavy atom. The van der Waals surface area contributed by atoms with E-state index in [1.54, 1.807) is 11.3 Å². The molecule has 1 aliphatic carbocycles. The predicted octanol–water partition coefficient (Wildman–Crippen LogP) is 5.04. The molecule has 1 aromatic rings. The number of rotatable bonds is 2. The summed E-state index contributed by atoms with van der Waals surface area (Å²) in [5, 5.41) is 0.154. The van der Waals surface area contributed by atoms with Crippen LogP contribution in [-0.4, -0.2) is 0 Å². The van der Waals surface area contributed by atoms with Crippen molar-refractivity contribution in [2.24, 2.45) is 11.3 Å². The summed E-state index contributed by atoms with van der Waals surface area (Å²) in [5.41, 5.74) is 1.58. The monoisotopic (exact) mass is 248 g/mol. The van der Waals surface area contributed by atoms with Gasteiger partial charge in [0.15, 0.2) is 0 Å². The van der Waals surface area contributed by atoms with E-state index in [2.05, 4.69) is 19.9 Å². The van der Waals surface area contributed by atoms with Crippen LogP contribution < -0.4 is 0 Å². The molecule has 3 heteroatoms. The fourth-order valence-corrected chi connectivity index (χ4v) is 3.71. The average molecular weight is 249 g/mol. The van der Waals surface area contributed by atoms with Crippen molar-refractivity contribution in [3.05, 3.63) is 20.8 Å². The van der Waals surface area contributed by atoms with Gasteiger partial charge in [-0.3, -0.25) is 0 Å². The van der Waals surface area contributed by atoms with E-state index in [4.69, 9.17) is 23.2 Å². The number of aryl methyl sites for hydroxylation is 1. The van der Waals surface area contributed by atoms with Gasteiger partial charge in [-0.05, 0) is 36.3 Å². The minimum Gasteiger partial charge on any atom is -0.127 e. The van der Waals surface area contributed by atoms with E-state index in [-0.39, 0.29) is 5.38 Å². The summed E-state index contributed by atoms with van der Waals surface area (Å²) >= 11 is 14.1. The predicted molar refractivity (Wildman–Crippen MR) is 64.5 cm³/mol. The normalized spacial score (nSPS) is 26.2. The highest BCUT2D eigenvalue weighted by Crippen LogP contribution is 2.60. The molecule has 0 aliphatic heterocycles. The molecular weight excluding hydrogens is 235 g/mol. The van der Waals surface area contributed by atoms with Crippen LogP contribution in [0.1, 0.15) is 36.1 Å². The Bertz CT molecular complexity index is 335. The van der Waals surface area contributed by atoms with Gasteiger partial charge in [-0.15, -0.1) is 22.9 Å². The van der Waals surface area contributed by atoms with Crippen LogP contribution in [0.2, 0.25) is 4.34 Å². The van der Waals surface area contributed by atoms with Crippen LogP contribution in [0, 0.1) is 18.3 Å². The first-order valence-corrected chi connectivity index (χ1v) is 6.45. The first kappa shape index (κ1) is 10.8. The van der Waals surface area contributed by atoms with E-state index in [0.717, 1.165) is 9.90 Å². The number of halogens is 2. The molecule has 1 fully saturated rings. The summed E-state index contributed by atoms with van der Waals surface area (Å²) < 4.78 is 0.879. The second-order valence-corrected chi connectivity index (χ2v) is 6.96. The van der Waals surface area contributed by atoms with Crippen LogP contribution in [0.15, 0.2) is 6.07 Å². The van der Waals surface area contributed by atoms with Crippen molar-refractivity contribution in [2.45, 2.75) is 32.6 Å². The molecule has 1 saturated carbocycles. The summed E-state index contributed by atoms with van der Waals surface area (Å²) in [7, 11) is 0. The second kappa shape index (κ2) is 3.40. The van der Waals surface area contributed by atoms with Gasteiger partial charge in [-0.2, -0.15) is 0 Å². The Kier molecular flexibility index (Phi) is 2.62. The van der Waals surface area contributed by atoms with E-state index in [9.17, 15) is 0 Å². The topological polar surface area (TPSA) is 0 Å². The van der Waals surface area contributed by atoms with E-state index < -0.39 is 0 Å². The fraction of sp³-hybridized carbons (Fsp3) is 0.636. The summed E-state index contributed by atoms with van der Waals surface area (Å²) in [6.07, 6.45) is 1.23. The molecule has 1 aliphatic rings. The van der Waals surface area contributed by atoms with Gasteiger partial charge < -0.3 is 0 Å². The molecule has 78 valence electrons. The summed E-state index contributed by atoms with van der Waals surface area (Å²) in [6.45, 7) is 6.58. The lowest BCUT2D eigenvalue weighted by Crippen LogP contribution is -1.96. The molecule has 2 unspecified atom stereocenters. The van der Waals surface area contributed by atoms with Gasteiger partial charge in [0.2, 0.25) is 0 Å². The zero-order valence-electron chi connectivity index (χ0n) is 8.60. The zero-order chi connectivity index (χ0) is 10.5. The molecule has 0 spiro atoms. The van der Waals surface area contributed by atoms with Crippen molar-refractivity contribution < 1.29 is 0 Å². The molecule has 0 N–H and O–H groups in total. The average Bonchev–Trinajstić information content (AvgIpc) is 2.59. The number of hydrogen-bond acceptors (Lipinski definition) is 1. The maximum Gasteiger partial charge on any atom is 0.0960 e. The van der Waals surface area contributed by atoms with Gasteiger partial charge in [0.25, 0.3) is 0 Å². The zero-order valence-corrected chi connectivity index (χ0v) is 10.9. The van der Waals surface area contributed by atoms with Gasteiger partial charge in [0, 0.05) is 4.88 Å². The molecule has 14 heavy (non-hydrogen) atoms. The maximum absolute atomic E-state index is 6.43. The largest absolute Gasteiger partial charge is 0.127 e. The van der Waals surface area contributed by atoms with Crippen molar-refractivity contribution in [1.29, 1.82) is 0 Å². The number of hydrogen-bond donors (Lipinski definition) is 0. The Balaban J connectivity index is 2.16. The minimum absolute atomic E-state index is 0.154. The molecule has 0 bridgehead atoms. The quantitative estimate of drug-likeness (QED) is 0.644. The first-order valence-electron chi connectivity index (χ1n) is 4.82. The SMILES string of the molecule is Cc1cc(C(Cl)C2CC2(C)C)sc1Cl. The highest BCUT2D eigenvalue weighted by Gasteiger charge is 2.50. The first-order chi connectivity index (χ1) is 6.42. The van der Waals surface area contributed by atoms with Crippen molar-refractivity contribution in [1.82, 2.24) is 0 Å². The Morgan fingerprint density at radius 1 is 1.57 bits per heavy atom. The van der Waals surface area contributed by atoms with Crippen molar-refractivity contribution in [3.63, 3.8) is 0 Å². The summed E-state index contributed by atoms with van der Waals surface area (Å²) in [4.78, 5) is 1.23. The van der Waals surface area contributed by atoms with Crippen LogP contribution in [0.3, 0.4) is 0 Å². The van der Waals surface area contributed by atoms with Gasteiger partial charge in [0.05, 0.1) is 9.71 Å². The summed E-state index contributed by atoms with van der Waals surface area (Å²) in [6, 6.07) is 2.12. The van der Waals surface area contributed by atoms with Crippen LogP contribution in [0.5, 0.6) is 0 Å². The second-order valence-electron chi connectivity index (χ2n) is 4.81. The standard InChI is InChI=1S/C11H14Cl2S/c1-6-4-8(14-10(6)13)9(12)7-5-11(7,2)3/h4,7,9H,5H2,1-3H3. The summed E-state index contributed by atoms with van der Waals surface area (Å²) in [5.74, 6) is 0.623. The fourth-order valence-electron chi connectivity index (χ4n) is 1.83. The van der Waals surface area contributed by atoms with Crippen molar-refractivity contribution in [3.8, 4) is 0 Å². The van der Waals surface area contributed by atoms with Crippen LogP contribution in [0.25, 0.3) is 0 Å². The van der Waals surface area contributed by atoms with Gasteiger partial charge in [-0.25, -0.2) is 0 Å². The van der Waals surface area contributed by atoms with Crippen LogP contribution >= 0.6 is 34.5 Å². The molecule has 0 amide bonds. The van der Waals surface area contributed by atoms with Gasteiger partial charge >= 0.3 is 0 Å². The lowest BCUT2D eigenvalue weighted by atomic mass is 10.1. The molecule has 0 aromatic carbocycles. The van der Waals surface area contributed by atoms with Gasteiger partial charge in [-0.1, -0.05) is 25.4 Å². The Hall–Kier alpha value is 0.280.